The van der Waals surface area contributed by atoms with Gasteiger partial charge in [0.2, 0.25) is 5.97 Å². The Morgan fingerprint density at radius 2 is 0.534 bits per heavy atom. The molecule has 10 unspecified atom stereocenters. The molecule has 10 bridgehead atoms. The van der Waals surface area contributed by atoms with E-state index in [1.54, 1.807) is 0 Å². The van der Waals surface area contributed by atoms with Crippen LogP contribution in [-0.2, 0) is 54.0 Å². The molecule has 10 saturated heterocycles. The van der Waals surface area contributed by atoms with Crippen molar-refractivity contribution in [2.45, 2.75) is 324 Å². The summed E-state index contributed by atoms with van der Waals surface area (Å²) in [6.07, 6.45) is 66.8. The van der Waals surface area contributed by atoms with Crippen LogP contribution >= 0.6 is 0 Å². The van der Waals surface area contributed by atoms with Crippen molar-refractivity contribution in [1.29, 1.82) is 0 Å². The van der Waals surface area contributed by atoms with Gasteiger partial charge >= 0.3 is 41.5 Å². The van der Waals surface area contributed by atoms with E-state index >= 15 is 0 Å². The van der Waals surface area contributed by atoms with Gasteiger partial charge in [0.1, 0.15) is 5.78 Å². The minimum Gasteiger partial charge on any atom is -0.793 e. The Bertz CT molecular complexity index is 2010. The Hall–Kier alpha value is -3.19. The number of hydrogen-bond acceptors (Lipinski definition) is 17. The number of nitrogens with one attached hydrogen (secondary N) is 3. The van der Waals surface area contributed by atoms with Gasteiger partial charge in [0.25, 0.3) is 0 Å². The number of nitrogens with zero attached hydrogens (tertiary/aromatic N) is 5. The number of hydrogen-bond donors (Lipinski definition) is 5. The number of rotatable bonds is 3. The summed E-state index contributed by atoms with van der Waals surface area (Å²) < 4.78 is 3.61. The summed E-state index contributed by atoms with van der Waals surface area (Å²) in [6, 6.07) is 11.2. The molecule has 5 saturated carbocycles. The second-order valence-corrected chi connectivity index (χ2v) is 24.8. The summed E-state index contributed by atoms with van der Waals surface area (Å²) in [6.45, 7) is 27.5. The van der Waals surface area contributed by atoms with Crippen LogP contribution in [0.4, 0.5) is 0 Å². The van der Waals surface area contributed by atoms with E-state index < -0.39 is 17.9 Å². The fraction of sp³-hybridized carbons (Fsp3) is 0.711. The molecule has 10 heterocycles. The van der Waals surface area contributed by atoms with E-state index in [1.165, 1.54) is 97.4 Å². The Labute approximate surface area is 671 Å². The second kappa shape index (κ2) is 75.6. The molecule has 103 heavy (non-hydrogen) atoms. The van der Waals surface area contributed by atoms with Crippen LogP contribution in [0.25, 0.3) is 0 Å². The van der Waals surface area contributed by atoms with Gasteiger partial charge in [0.05, 0.1) is 0 Å². The molecule has 17 nitrogen and oxygen atoms in total. The zero-order chi connectivity index (χ0) is 76.8. The zero-order valence-corrected chi connectivity index (χ0v) is 73.0. The fourth-order valence-corrected chi connectivity index (χ4v) is 13.0. The van der Waals surface area contributed by atoms with Crippen molar-refractivity contribution in [2.24, 2.45) is 11.5 Å². The molecular formula is C83H157BN10NaO7Pd. The SMILES string of the molecule is C.C1=CCC=C1.C1=CCC=C1.C1=CCC=C1.C1=CCC=C1.C1=CCC=C1.CC.CC.CC.CC.CC.CC.CC(=O)OOC(C)=O.CN.CN1C2CC(=O)CC1C2.CN1C2CC(N)CC1C2.CNC1CC2CC(C1)N2C.CNC1CC2CC(C1)N2C.CNC1CC2CC(C1)N2C.[B-]OC(C)=O.[Na+].[Pd]. The predicted molar refractivity (Wildman–Crippen MR) is 438 cm³/mol. The van der Waals surface area contributed by atoms with E-state index in [2.05, 4.69) is 247 Å². The van der Waals surface area contributed by atoms with E-state index in [4.69, 9.17) is 5.73 Å². The van der Waals surface area contributed by atoms with Crippen LogP contribution in [-0.4, -0.2) is 204 Å². The molecule has 7 N–H and O–H groups in total. The van der Waals surface area contributed by atoms with E-state index in [-0.39, 0.29) is 57.4 Å². The first-order valence-corrected chi connectivity index (χ1v) is 38.6. The molecule has 10 aliphatic heterocycles. The van der Waals surface area contributed by atoms with E-state index in [0.29, 0.717) is 23.9 Å². The quantitative estimate of drug-likeness (QED) is 0.101. The smallest absolute Gasteiger partial charge is 0.793 e. The van der Waals surface area contributed by atoms with Crippen molar-refractivity contribution in [3.05, 3.63) is 122 Å². The van der Waals surface area contributed by atoms with Crippen LogP contribution in [0.2, 0.25) is 0 Å². The van der Waals surface area contributed by atoms with Gasteiger partial charge in [0.15, 0.2) is 0 Å². The number of ketones is 1. The summed E-state index contributed by atoms with van der Waals surface area (Å²) in [5, 5.41) is 10.1. The van der Waals surface area contributed by atoms with Gasteiger partial charge in [-0.25, -0.2) is 19.4 Å². The van der Waals surface area contributed by atoms with Gasteiger partial charge in [0, 0.05) is 139 Å². The van der Waals surface area contributed by atoms with Crippen molar-refractivity contribution < 1.29 is 83.6 Å². The maximum Gasteiger partial charge on any atom is 1.00 e. The van der Waals surface area contributed by atoms with Crippen LogP contribution in [0.15, 0.2) is 122 Å². The molecule has 595 valence electrons. The van der Waals surface area contributed by atoms with E-state index in [1.807, 2.05) is 83.1 Å². The largest absolute Gasteiger partial charge is 1.00 e. The fourth-order valence-electron chi connectivity index (χ4n) is 13.0. The van der Waals surface area contributed by atoms with Crippen LogP contribution in [0.5, 0.6) is 0 Å². The molecule has 10 atom stereocenters. The Balaban J connectivity index is -0.000000193. The van der Waals surface area contributed by atoms with Crippen LogP contribution < -0.4 is 57.0 Å². The molecule has 0 aromatic rings. The second-order valence-electron chi connectivity index (χ2n) is 24.8. The van der Waals surface area contributed by atoms with Crippen molar-refractivity contribution in [3.8, 4) is 0 Å². The topological polar surface area (TPSA) is 200 Å². The summed E-state index contributed by atoms with van der Waals surface area (Å²) in [5.74, 6) is -1.28. The first-order valence-electron chi connectivity index (χ1n) is 38.6. The number of nitrogens with two attached hydrogens (primary N) is 2. The van der Waals surface area contributed by atoms with Gasteiger partial charge in [-0.1, -0.05) is 212 Å². The average molecular weight is 1550 g/mol. The monoisotopic (exact) mass is 1550 g/mol. The molecule has 0 aromatic carbocycles. The third-order valence-corrected chi connectivity index (χ3v) is 18.8. The van der Waals surface area contributed by atoms with Gasteiger partial charge in [-0.15, -0.1) is 0 Å². The minimum absolute atomic E-state index is 0. The van der Waals surface area contributed by atoms with E-state index in [0.717, 1.165) is 125 Å². The summed E-state index contributed by atoms with van der Waals surface area (Å²) in [4.78, 5) is 60.0. The molecule has 20 rings (SSSR count). The Kier molecular flexibility index (Phi) is 83.0. The minimum atomic E-state index is -0.639. The van der Waals surface area contributed by atoms with Crippen LogP contribution in [0.3, 0.4) is 0 Å². The normalized spacial score (nSPS) is 27.4. The summed E-state index contributed by atoms with van der Waals surface area (Å²) in [5.41, 5.74) is 10.3. The third-order valence-electron chi connectivity index (χ3n) is 18.8. The molecule has 20 heteroatoms. The molecular weight excluding hydrogens is 1390 g/mol. The first-order chi connectivity index (χ1) is 48.4. The third kappa shape index (κ3) is 51.0. The molecule has 3 radical (unpaired) electrons. The first kappa shape index (κ1) is 113. The van der Waals surface area contributed by atoms with E-state index in [9.17, 15) is 19.2 Å². The van der Waals surface area contributed by atoms with Crippen molar-refractivity contribution >= 4 is 31.7 Å². The van der Waals surface area contributed by atoms with Gasteiger partial charge < -0.3 is 59.7 Å². The summed E-state index contributed by atoms with van der Waals surface area (Å²) in [7, 11) is 23.2. The maximum atomic E-state index is 10.8. The number of allylic oxidation sites excluding steroid dienone is 20. The molecule has 0 amide bonds. The zero-order valence-electron chi connectivity index (χ0n) is 69.4. The summed E-state index contributed by atoms with van der Waals surface area (Å²) >= 11 is 0. The van der Waals surface area contributed by atoms with Crippen molar-refractivity contribution in [2.75, 3.05) is 63.4 Å². The number of piperidine rings is 5. The molecule has 15 fully saturated rings. The average Bonchev–Trinajstić information content (AvgIpc) is 1.49. The van der Waals surface area contributed by atoms with Gasteiger partial charge in [-0.05, 0) is 179 Å². The Morgan fingerprint density at radius 1 is 0.369 bits per heavy atom. The molecule has 20 aliphatic rings. The van der Waals surface area contributed by atoms with Crippen molar-refractivity contribution in [1.82, 2.24) is 40.4 Å². The van der Waals surface area contributed by atoms with Gasteiger partial charge in [-0.3, -0.25) is 14.5 Å². The maximum absolute atomic E-state index is 10.8. The molecule has 0 aromatic heterocycles. The van der Waals surface area contributed by atoms with Crippen LogP contribution in [0.1, 0.15) is 240 Å². The molecule has 0 spiro atoms. The number of fused-ring (bicyclic) bond motifs is 10. The predicted octanol–water partition coefficient (Wildman–Crippen LogP) is 12.5. The number of carbonyl (C=O) groups excluding carboxylic acids is 4. The van der Waals surface area contributed by atoms with Crippen molar-refractivity contribution in [3.63, 3.8) is 0 Å². The standard InChI is InChI=1S/3C8H16N2.C7H14N2.C7H11NO.5C5H6.C4H6O4.C2H3BO2.6C2H6.CH5N.CH4.Na.Pd/c3*1-9-6-3-7-5-8(4-6)10(7)2;1-9-6-2-5(8)3-7(9)4-6;1-8-5-2-6(8)4-7(9)3-5;5*1-2-4-5-3-1;1-3(5)7-8-4(2)6;1-2(4)5-3;7*1-2;;;/h3*6-9H,3-5H2,1-2H3;5-7H,2-4,8H2,1H3;5-6H,2-4H2,1H3;5*1-4H,5H2;1-2H3;1H3;6*1-2H3;2H2,1H3;1H4;;/q;;;;;;;;;;;-1;;;;;;;;;+1;. The number of carbonyl (C=O) groups is 4. The Morgan fingerprint density at radius 3 is 0.641 bits per heavy atom. The number of Topliss-reactive ketones (excluding diaryl/α,β-unsaturated/α-hetero) is 1. The van der Waals surface area contributed by atoms with Gasteiger partial charge in [-0.2, -0.15) is 0 Å². The molecule has 10 aliphatic carbocycles. The van der Waals surface area contributed by atoms with Crippen LogP contribution in [0, 0.1) is 0 Å².